The van der Waals surface area contributed by atoms with Crippen LogP contribution in [0.4, 0.5) is 0 Å². The van der Waals surface area contributed by atoms with Crippen molar-refractivity contribution in [3.8, 4) is 0 Å². The number of amides is 1. The van der Waals surface area contributed by atoms with Crippen LogP contribution in [0.5, 0.6) is 0 Å². The van der Waals surface area contributed by atoms with Gasteiger partial charge in [-0.3, -0.25) is 4.79 Å². The molecule has 0 aliphatic carbocycles. The second kappa shape index (κ2) is 8.81. The molecule has 1 unspecified atom stereocenters. The van der Waals surface area contributed by atoms with Crippen LogP contribution in [0.15, 0.2) is 0 Å². The van der Waals surface area contributed by atoms with Gasteiger partial charge in [0.1, 0.15) is 0 Å². The Bertz CT molecular complexity index is 209. The molecule has 0 saturated heterocycles. The lowest BCUT2D eigenvalue weighted by atomic mass is 9.81. The van der Waals surface area contributed by atoms with E-state index in [1.165, 1.54) is 0 Å². The Morgan fingerprint density at radius 2 is 1.94 bits per heavy atom. The van der Waals surface area contributed by atoms with Gasteiger partial charge in [0.2, 0.25) is 5.91 Å². The summed E-state index contributed by atoms with van der Waals surface area (Å²) in [5, 5.41) is 3.10. The van der Waals surface area contributed by atoms with Crippen LogP contribution in [0.1, 0.15) is 47.0 Å². The number of thioether (sulfide) groups is 1. The van der Waals surface area contributed by atoms with Gasteiger partial charge in [0.05, 0.1) is 5.41 Å². The van der Waals surface area contributed by atoms with Crippen LogP contribution >= 0.6 is 11.8 Å². The van der Waals surface area contributed by atoms with Crippen LogP contribution in [-0.4, -0.2) is 30.0 Å². The molecule has 1 amide bonds. The van der Waals surface area contributed by atoms with Gasteiger partial charge in [0.25, 0.3) is 0 Å². The first-order valence-corrected chi connectivity index (χ1v) is 7.80. The van der Waals surface area contributed by atoms with E-state index < -0.39 is 0 Å². The van der Waals surface area contributed by atoms with Crippen molar-refractivity contribution in [1.82, 2.24) is 5.32 Å². The molecule has 0 aromatic rings. The SMILES string of the molecule is CCSCCC(C)NC(=O)C(CC)(CC)CN. The third kappa shape index (κ3) is 5.30. The summed E-state index contributed by atoms with van der Waals surface area (Å²) >= 11 is 1.91. The predicted molar refractivity (Wildman–Crippen MR) is 77.3 cm³/mol. The number of rotatable bonds is 9. The van der Waals surface area contributed by atoms with Gasteiger partial charge < -0.3 is 11.1 Å². The lowest BCUT2D eigenvalue weighted by Crippen LogP contribution is -2.48. The first-order valence-electron chi connectivity index (χ1n) is 6.65. The van der Waals surface area contributed by atoms with E-state index in [9.17, 15) is 4.79 Å². The molecule has 0 bridgehead atoms. The molecule has 4 heteroatoms. The minimum atomic E-state index is -0.369. The van der Waals surface area contributed by atoms with Crippen molar-refractivity contribution < 1.29 is 4.79 Å². The second-order valence-electron chi connectivity index (χ2n) is 4.55. The summed E-state index contributed by atoms with van der Waals surface area (Å²) in [7, 11) is 0. The first-order chi connectivity index (χ1) is 8.06. The van der Waals surface area contributed by atoms with E-state index in [4.69, 9.17) is 5.73 Å². The first kappa shape index (κ1) is 16.8. The maximum Gasteiger partial charge on any atom is 0.227 e. The third-order valence-corrected chi connectivity index (χ3v) is 4.44. The summed E-state index contributed by atoms with van der Waals surface area (Å²) in [6, 6.07) is 0.241. The van der Waals surface area contributed by atoms with Crippen LogP contribution in [0.25, 0.3) is 0 Å². The Balaban J connectivity index is 4.21. The number of nitrogens with two attached hydrogens (primary N) is 1. The molecule has 0 aliphatic rings. The summed E-state index contributed by atoms with van der Waals surface area (Å²) in [6.45, 7) is 8.73. The van der Waals surface area contributed by atoms with Crippen LogP contribution in [0, 0.1) is 5.41 Å². The smallest absolute Gasteiger partial charge is 0.227 e. The highest BCUT2D eigenvalue weighted by Gasteiger charge is 2.33. The summed E-state index contributed by atoms with van der Waals surface area (Å²) < 4.78 is 0. The largest absolute Gasteiger partial charge is 0.353 e. The summed E-state index contributed by atoms with van der Waals surface area (Å²) in [6.07, 6.45) is 2.64. The van der Waals surface area contributed by atoms with Crippen molar-refractivity contribution in [3.63, 3.8) is 0 Å². The molecule has 17 heavy (non-hydrogen) atoms. The lowest BCUT2D eigenvalue weighted by Gasteiger charge is -2.30. The number of hydrogen-bond donors (Lipinski definition) is 2. The molecule has 0 rings (SSSR count). The van der Waals surface area contributed by atoms with E-state index in [0.29, 0.717) is 6.54 Å². The van der Waals surface area contributed by atoms with Crippen molar-refractivity contribution in [1.29, 1.82) is 0 Å². The van der Waals surface area contributed by atoms with Crippen molar-refractivity contribution >= 4 is 17.7 Å². The molecule has 102 valence electrons. The van der Waals surface area contributed by atoms with E-state index in [2.05, 4.69) is 19.2 Å². The number of hydrogen-bond acceptors (Lipinski definition) is 3. The van der Waals surface area contributed by atoms with Gasteiger partial charge in [-0.2, -0.15) is 11.8 Å². The van der Waals surface area contributed by atoms with Crippen molar-refractivity contribution in [2.45, 2.75) is 53.0 Å². The maximum absolute atomic E-state index is 12.2. The molecule has 0 fully saturated rings. The Morgan fingerprint density at radius 3 is 2.35 bits per heavy atom. The van der Waals surface area contributed by atoms with Gasteiger partial charge in [-0.05, 0) is 37.7 Å². The molecule has 1 atom stereocenters. The van der Waals surface area contributed by atoms with E-state index in [-0.39, 0.29) is 17.4 Å². The van der Waals surface area contributed by atoms with Gasteiger partial charge in [0, 0.05) is 12.6 Å². The van der Waals surface area contributed by atoms with E-state index in [1.807, 2.05) is 25.6 Å². The zero-order valence-corrected chi connectivity index (χ0v) is 12.5. The maximum atomic E-state index is 12.2. The number of nitrogens with one attached hydrogen (secondary N) is 1. The minimum Gasteiger partial charge on any atom is -0.353 e. The summed E-state index contributed by atoms with van der Waals surface area (Å²) in [4.78, 5) is 12.2. The zero-order valence-electron chi connectivity index (χ0n) is 11.7. The van der Waals surface area contributed by atoms with Crippen LogP contribution < -0.4 is 11.1 Å². The fourth-order valence-electron chi connectivity index (χ4n) is 1.81. The van der Waals surface area contributed by atoms with E-state index in [1.54, 1.807) is 0 Å². The molecule has 0 spiro atoms. The number of carbonyl (C=O) groups is 1. The van der Waals surface area contributed by atoms with Crippen LogP contribution in [0.2, 0.25) is 0 Å². The molecule has 0 aromatic carbocycles. The normalized spacial score (nSPS) is 13.5. The Labute approximate surface area is 110 Å². The number of carbonyl (C=O) groups excluding carboxylic acids is 1. The topological polar surface area (TPSA) is 55.1 Å². The highest BCUT2D eigenvalue weighted by molar-refractivity contribution is 7.99. The van der Waals surface area contributed by atoms with Crippen molar-refractivity contribution in [2.75, 3.05) is 18.1 Å². The third-order valence-electron chi connectivity index (χ3n) is 3.50. The molecule has 0 aromatic heterocycles. The van der Waals surface area contributed by atoms with Gasteiger partial charge in [-0.25, -0.2) is 0 Å². The second-order valence-corrected chi connectivity index (χ2v) is 5.95. The molecule has 3 N–H and O–H groups in total. The molecule has 0 aliphatic heterocycles. The minimum absolute atomic E-state index is 0.124. The van der Waals surface area contributed by atoms with Crippen LogP contribution in [0.3, 0.4) is 0 Å². The molecule has 0 saturated carbocycles. The average molecular weight is 260 g/mol. The molecule has 3 nitrogen and oxygen atoms in total. The molecule has 0 heterocycles. The Morgan fingerprint density at radius 1 is 1.35 bits per heavy atom. The Hall–Kier alpha value is -0.220. The quantitative estimate of drug-likeness (QED) is 0.626. The molecule has 0 radical (unpaired) electrons. The fraction of sp³-hybridized carbons (Fsp3) is 0.923. The van der Waals surface area contributed by atoms with E-state index >= 15 is 0 Å². The van der Waals surface area contributed by atoms with Crippen LogP contribution in [-0.2, 0) is 4.79 Å². The monoisotopic (exact) mass is 260 g/mol. The molecular formula is C13H28N2OS. The van der Waals surface area contributed by atoms with Gasteiger partial charge >= 0.3 is 0 Å². The summed E-state index contributed by atoms with van der Waals surface area (Å²) in [5.74, 6) is 2.36. The van der Waals surface area contributed by atoms with Gasteiger partial charge in [-0.15, -0.1) is 0 Å². The van der Waals surface area contributed by atoms with Crippen molar-refractivity contribution in [2.24, 2.45) is 11.1 Å². The average Bonchev–Trinajstić information content (AvgIpc) is 2.32. The standard InChI is InChI=1S/C13H28N2OS/c1-5-13(6-2,10-14)12(16)15-11(4)8-9-17-7-3/h11H,5-10,14H2,1-4H3,(H,15,16). The zero-order chi connectivity index (χ0) is 13.3. The van der Waals surface area contributed by atoms with E-state index in [0.717, 1.165) is 30.8 Å². The molecular weight excluding hydrogens is 232 g/mol. The predicted octanol–water partition coefficient (Wildman–Crippen LogP) is 2.40. The summed E-state index contributed by atoms with van der Waals surface area (Å²) in [5.41, 5.74) is 5.39. The lowest BCUT2D eigenvalue weighted by molar-refractivity contribution is -0.131. The highest BCUT2D eigenvalue weighted by Crippen LogP contribution is 2.25. The fourth-order valence-corrected chi connectivity index (χ4v) is 2.61. The van der Waals surface area contributed by atoms with Gasteiger partial charge in [0.15, 0.2) is 0 Å². The Kier molecular flexibility index (Phi) is 8.70. The highest BCUT2D eigenvalue weighted by atomic mass is 32.2. The van der Waals surface area contributed by atoms with Crippen molar-refractivity contribution in [3.05, 3.63) is 0 Å². The van der Waals surface area contributed by atoms with Gasteiger partial charge in [-0.1, -0.05) is 20.8 Å².